The molecular weight excluding hydrogens is 336 g/mol. The Hall–Kier alpha value is -2.95. The Balaban J connectivity index is 1.65. The van der Waals surface area contributed by atoms with Gasteiger partial charge >= 0.3 is 0 Å². The average Bonchev–Trinajstić information content (AvgIpc) is 3.38. The average molecular weight is 360 g/mol. The lowest BCUT2D eigenvalue weighted by Gasteiger charge is -2.25. The van der Waals surface area contributed by atoms with Crippen LogP contribution in [0.5, 0.6) is 0 Å². The number of pyridine rings is 1. The summed E-state index contributed by atoms with van der Waals surface area (Å²) in [5, 5.41) is 0. The van der Waals surface area contributed by atoms with Gasteiger partial charge in [0.05, 0.1) is 11.7 Å². The minimum absolute atomic E-state index is 0.0173. The van der Waals surface area contributed by atoms with E-state index in [0.29, 0.717) is 5.92 Å². The van der Waals surface area contributed by atoms with Gasteiger partial charge in [0.1, 0.15) is 11.6 Å². The highest BCUT2D eigenvalue weighted by Gasteiger charge is 2.31. The summed E-state index contributed by atoms with van der Waals surface area (Å²) in [6.07, 6.45) is 5.70. The van der Waals surface area contributed by atoms with Gasteiger partial charge in [-0.05, 0) is 37.1 Å². The van der Waals surface area contributed by atoms with E-state index >= 15 is 0 Å². The summed E-state index contributed by atoms with van der Waals surface area (Å²) in [5.41, 5.74) is 1.68. The number of benzene rings is 1. The summed E-state index contributed by atoms with van der Waals surface area (Å²) < 4.78 is 2.03. The van der Waals surface area contributed by atoms with Crippen molar-refractivity contribution in [1.82, 2.24) is 19.4 Å². The van der Waals surface area contributed by atoms with E-state index in [4.69, 9.17) is 4.98 Å². The van der Waals surface area contributed by atoms with Crippen molar-refractivity contribution in [2.75, 3.05) is 6.54 Å². The molecule has 1 aliphatic heterocycles. The number of carbonyl (C=O) groups excluding carboxylic acids is 1. The molecule has 1 amide bonds. The number of amides is 1. The molecule has 0 radical (unpaired) electrons. The third-order valence-electron chi connectivity index (χ3n) is 5.06. The maximum atomic E-state index is 13.0. The molecule has 0 bridgehead atoms. The van der Waals surface area contributed by atoms with Gasteiger partial charge < -0.3 is 4.90 Å². The fourth-order valence-corrected chi connectivity index (χ4v) is 3.76. The number of rotatable bonds is 4. The summed E-state index contributed by atoms with van der Waals surface area (Å²) in [7, 11) is 0. The fourth-order valence-electron chi connectivity index (χ4n) is 3.76. The van der Waals surface area contributed by atoms with Crippen LogP contribution >= 0.6 is 0 Å². The zero-order valence-corrected chi connectivity index (χ0v) is 15.7. The van der Waals surface area contributed by atoms with Crippen LogP contribution in [0.2, 0.25) is 0 Å². The Bertz CT molecular complexity index is 932. The van der Waals surface area contributed by atoms with Gasteiger partial charge in [0.15, 0.2) is 0 Å². The zero-order chi connectivity index (χ0) is 18.8. The monoisotopic (exact) mass is 360 g/mol. The van der Waals surface area contributed by atoms with Gasteiger partial charge in [-0.25, -0.2) is 9.97 Å². The molecule has 2 aromatic heterocycles. The lowest BCUT2D eigenvalue weighted by Crippen LogP contribution is -2.31. The number of hydrogen-bond acceptors (Lipinski definition) is 3. The maximum absolute atomic E-state index is 13.0. The van der Waals surface area contributed by atoms with Crippen molar-refractivity contribution in [1.29, 1.82) is 0 Å². The Morgan fingerprint density at radius 2 is 1.93 bits per heavy atom. The van der Waals surface area contributed by atoms with Crippen LogP contribution in [-0.2, 0) is 0 Å². The molecule has 1 saturated heterocycles. The molecule has 0 saturated carbocycles. The third-order valence-corrected chi connectivity index (χ3v) is 5.06. The number of nitrogens with zero attached hydrogens (tertiary/aromatic N) is 4. The fraction of sp³-hybridized carbons (Fsp3) is 0.318. The summed E-state index contributed by atoms with van der Waals surface area (Å²) >= 11 is 0. The van der Waals surface area contributed by atoms with Gasteiger partial charge in [-0.1, -0.05) is 38.1 Å². The topological polar surface area (TPSA) is 51.0 Å². The Kier molecular flexibility index (Phi) is 4.75. The molecule has 0 aliphatic carbocycles. The van der Waals surface area contributed by atoms with Crippen LogP contribution in [0.25, 0.3) is 5.82 Å². The second-order valence-electron chi connectivity index (χ2n) is 7.25. The van der Waals surface area contributed by atoms with Crippen LogP contribution in [0.15, 0.2) is 60.9 Å². The second kappa shape index (κ2) is 7.35. The van der Waals surface area contributed by atoms with E-state index in [0.717, 1.165) is 42.3 Å². The van der Waals surface area contributed by atoms with Gasteiger partial charge in [-0.15, -0.1) is 0 Å². The van der Waals surface area contributed by atoms with E-state index in [1.165, 1.54) is 0 Å². The Morgan fingerprint density at radius 1 is 1.11 bits per heavy atom. The second-order valence-corrected chi connectivity index (χ2v) is 7.25. The first-order chi connectivity index (χ1) is 13.1. The zero-order valence-electron chi connectivity index (χ0n) is 15.7. The summed E-state index contributed by atoms with van der Waals surface area (Å²) in [6.45, 7) is 5.02. The van der Waals surface area contributed by atoms with Crippen molar-refractivity contribution in [3.05, 3.63) is 78.0 Å². The molecule has 27 heavy (non-hydrogen) atoms. The van der Waals surface area contributed by atoms with Crippen molar-refractivity contribution < 1.29 is 4.79 Å². The number of hydrogen-bond donors (Lipinski definition) is 0. The van der Waals surface area contributed by atoms with Crippen molar-refractivity contribution >= 4 is 5.91 Å². The smallest absolute Gasteiger partial charge is 0.254 e. The first kappa shape index (κ1) is 17.5. The summed E-state index contributed by atoms with van der Waals surface area (Å²) in [4.78, 5) is 24.3. The first-order valence-corrected chi connectivity index (χ1v) is 9.51. The van der Waals surface area contributed by atoms with E-state index in [-0.39, 0.29) is 11.9 Å². The van der Waals surface area contributed by atoms with Crippen LogP contribution in [0.3, 0.4) is 0 Å². The number of imidazole rings is 1. The Labute approximate surface area is 159 Å². The third kappa shape index (κ3) is 3.37. The Morgan fingerprint density at radius 3 is 2.70 bits per heavy atom. The van der Waals surface area contributed by atoms with E-state index < -0.39 is 0 Å². The minimum atomic E-state index is 0.0173. The van der Waals surface area contributed by atoms with Crippen molar-refractivity contribution in [3.8, 4) is 5.82 Å². The SMILES string of the molecule is CC(C)c1nccn1-c1cccc([C@@H]2CCCN2C(=O)c2ccccc2)n1. The van der Waals surface area contributed by atoms with E-state index in [1.807, 2.05) is 70.4 Å². The molecule has 3 heterocycles. The molecule has 1 atom stereocenters. The largest absolute Gasteiger partial charge is 0.330 e. The highest BCUT2D eigenvalue weighted by atomic mass is 16.2. The molecule has 1 fully saturated rings. The lowest BCUT2D eigenvalue weighted by atomic mass is 10.1. The van der Waals surface area contributed by atoms with Crippen molar-refractivity contribution in [3.63, 3.8) is 0 Å². The molecule has 0 unspecified atom stereocenters. The summed E-state index contributed by atoms with van der Waals surface area (Å²) in [5.74, 6) is 2.24. The molecule has 1 aromatic carbocycles. The van der Waals surface area contributed by atoms with Gasteiger partial charge in [-0.2, -0.15) is 0 Å². The number of carbonyl (C=O) groups is 1. The molecule has 5 heteroatoms. The molecule has 0 N–H and O–H groups in total. The predicted molar refractivity (Wildman–Crippen MR) is 105 cm³/mol. The highest BCUT2D eigenvalue weighted by molar-refractivity contribution is 5.94. The molecule has 1 aliphatic rings. The van der Waals surface area contributed by atoms with Crippen LogP contribution in [0.1, 0.15) is 60.5 Å². The van der Waals surface area contributed by atoms with Gasteiger partial charge in [-0.3, -0.25) is 9.36 Å². The van der Waals surface area contributed by atoms with Gasteiger partial charge in [0.2, 0.25) is 0 Å². The van der Waals surface area contributed by atoms with Crippen molar-refractivity contribution in [2.24, 2.45) is 0 Å². The van der Waals surface area contributed by atoms with Crippen LogP contribution < -0.4 is 0 Å². The lowest BCUT2D eigenvalue weighted by molar-refractivity contribution is 0.0733. The van der Waals surface area contributed by atoms with E-state index in [1.54, 1.807) is 0 Å². The molecule has 3 aromatic rings. The number of aromatic nitrogens is 3. The van der Waals surface area contributed by atoms with Gasteiger partial charge in [0, 0.05) is 30.4 Å². The van der Waals surface area contributed by atoms with Crippen LogP contribution in [0.4, 0.5) is 0 Å². The van der Waals surface area contributed by atoms with E-state index in [9.17, 15) is 4.79 Å². The van der Waals surface area contributed by atoms with Crippen molar-refractivity contribution in [2.45, 2.75) is 38.6 Å². The first-order valence-electron chi connectivity index (χ1n) is 9.51. The molecule has 138 valence electrons. The number of likely N-dealkylation sites (tertiary alicyclic amines) is 1. The van der Waals surface area contributed by atoms with Crippen LogP contribution in [0, 0.1) is 0 Å². The van der Waals surface area contributed by atoms with Crippen LogP contribution in [-0.4, -0.2) is 31.9 Å². The molecule has 5 nitrogen and oxygen atoms in total. The molecule has 4 rings (SSSR count). The highest BCUT2D eigenvalue weighted by Crippen LogP contribution is 2.32. The normalized spacial score (nSPS) is 16.9. The minimum Gasteiger partial charge on any atom is -0.330 e. The standard InChI is InChI=1S/C22H24N4O/c1-16(2)21-23-13-15-26(21)20-12-6-10-18(24-20)19-11-7-14-25(19)22(27)17-8-4-3-5-9-17/h3-6,8-10,12-13,15-16,19H,7,11,14H2,1-2H3/t19-/m0/s1. The predicted octanol–water partition coefficient (Wildman–Crippen LogP) is 4.37. The quantitative estimate of drug-likeness (QED) is 0.694. The summed E-state index contributed by atoms with van der Waals surface area (Å²) in [6, 6.07) is 15.6. The molecular formula is C22H24N4O. The molecule has 0 spiro atoms. The maximum Gasteiger partial charge on any atom is 0.254 e. The van der Waals surface area contributed by atoms with Gasteiger partial charge in [0.25, 0.3) is 5.91 Å². The van der Waals surface area contributed by atoms with E-state index in [2.05, 4.69) is 18.8 Å².